The van der Waals surface area contributed by atoms with Gasteiger partial charge in [0.1, 0.15) is 0 Å². The monoisotopic (exact) mass is 126 g/mol. The molecule has 0 aromatic carbocycles. The minimum atomic E-state index is 0.419. The zero-order chi connectivity index (χ0) is 5.82. The van der Waals surface area contributed by atoms with Gasteiger partial charge in [-0.2, -0.15) is 0 Å². The van der Waals surface area contributed by atoms with Crippen LogP contribution in [-0.4, -0.2) is 7.35 Å². The van der Waals surface area contributed by atoms with Crippen LogP contribution >= 0.6 is 11.3 Å². The third kappa shape index (κ3) is 1.17. The van der Waals surface area contributed by atoms with Crippen molar-refractivity contribution in [1.29, 1.82) is 0 Å². The Labute approximate surface area is 51.4 Å². The fourth-order valence-electron chi connectivity index (χ4n) is 0.375. The first kappa shape index (κ1) is 5.50. The van der Waals surface area contributed by atoms with E-state index in [2.05, 4.69) is 4.65 Å². The number of hydrogen-bond donors (Lipinski definition) is 0. The molecular formula is C4H3BO2S. The van der Waals surface area contributed by atoms with Crippen LogP contribution in [0.5, 0.6) is 5.75 Å². The zero-order valence-corrected chi connectivity index (χ0v) is 4.85. The third-order valence-corrected chi connectivity index (χ3v) is 1.34. The molecule has 8 heavy (non-hydrogen) atoms. The van der Waals surface area contributed by atoms with Crippen LogP contribution in [0.2, 0.25) is 0 Å². The van der Waals surface area contributed by atoms with Gasteiger partial charge in [0, 0.05) is 0 Å². The van der Waals surface area contributed by atoms with Gasteiger partial charge in [0.25, 0.3) is 0 Å². The Hall–Kier alpha value is -0.635. The van der Waals surface area contributed by atoms with Crippen LogP contribution in [0.15, 0.2) is 16.8 Å². The van der Waals surface area contributed by atoms with Gasteiger partial charge in [0.05, 0.1) is 0 Å². The van der Waals surface area contributed by atoms with E-state index >= 15 is 0 Å². The van der Waals surface area contributed by atoms with Crippen molar-refractivity contribution < 1.29 is 9.36 Å². The Morgan fingerprint density at radius 1 is 1.75 bits per heavy atom. The summed E-state index contributed by atoms with van der Waals surface area (Å²) in [7, 11) is 0.419. The molecule has 0 aliphatic carbocycles. The summed E-state index contributed by atoms with van der Waals surface area (Å²) in [6.45, 7) is 0. The Morgan fingerprint density at radius 3 is 3.12 bits per heavy atom. The molecule has 0 N–H and O–H groups in total. The van der Waals surface area contributed by atoms with Gasteiger partial charge < -0.3 is 0 Å². The van der Waals surface area contributed by atoms with Crippen LogP contribution in [0.25, 0.3) is 0 Å². The van der Waals surface area contributed by atoms with Gasteiger partial charge in [-0.1, -0.05) is 0 Å². The van der Waals surface area contributed by atoms with Crippen LogP contribution in [-0.2, 0) is 4.70 Å². The normalized spacial score (nSPS) is 8.00. The summed E-state index contributed by atoms with van der Waals surface area (Å²) in [5.41, 5.74) is 0. The van der Waals surface area contributed by atoms with Crippen LogP contribution < -0.4 is 4.65 Å². The van der Waals surface area contributed by atoms with Crippen molar-refractivity contribution in [3.63, 3.8) is 0 Å². The molecule has 0 radical (unpaired) electrons. The van der Waals surface area contributed by atoms with Crippen molar-refractivity contribution in [2.45, 2.75) is 0 Å². The van der Waals surface area contributed by atoms with Crippen molar-refractivity contribution in [1.82, 2.24) is 0 Å². The second kappa shape index (κ2) is 2.62. The first-order chi connectivity index (χ1) is 3.93. The predicted octanol–water partition coefficient (Wildman–Crippen LogP) is 1.09. The van der Waals surface area contributed by atoms with Crippen LogP contribution in [0, 0.1) is 0 Å². The van der Waals surface area contributed by atoms with Crippen molar-refractivity contribution in [3.8, 4) is 5.75 Å². The fourth-order valence-corrected chi connectivity index (χ4v) is 0.934. The molecule has 0 saturated carbocycles. The second-order valence-electron chi connectivity index (χ2n) is 1.17. The van der Waals surface area contributed by atoms with Crippen molar-refractivity contribution in [2.24, 2.45) is 0 Å². The Bertz CT molecular complexity index is 161. The SMILES string of the molecule is O=BOc1ccsc1. The maximum absolute atomic E-state index is 9.65. The number of hydrogen-bond acceptors (Lipinski definition) is 3. The molecule has 0 atom stereocenters. The summed E-state index contributed by atoms with van der Waals surface area (Å²) >= 11 is 1.50. The van der Waals surface area contributed by atoms with Gasteiger partial charge in [0.15, 0.2) is 0 Å². The van der Waals surface area contributed by atoms with Crippen molar-refractivity contribution in [2.75, 3.05) is 0 Å². The maximum atomic E-state index is 9.65. The van der Waals surface area contributed by atoms with Crippen molar-refractivity contribution >= 4 is 18.7 Å². The van der Waals surface area contributed by atoms with Gasteiger partial charge in [-0.05, 0) is 0 Å². The van der Waals surface area contributed by atoms with E-state index in [0.717, 1.165) is 0 Å². The van der Waals surface area contributed by atoms with E-state index in [1.54, 1.807) is 11.4 Å². The van der Waals surface area contributed by atoms with Gasteiger partial charge in [-0.25, -0.2) is 0 Å². The average molecular weight is 126 g/mol. The molecule has 0 saturated heterocycles. The molecule has 4 heteroatoms. The molecule has 0 amide bonds. The molecule has 1 rings (SSSR count). The van der Waals surface area contributed by atoms with Gasteiger partial charge in [0.2, 0.25) is 0 Å². The quantitative estimate of drug-likeness (QED) is 0.554. The molecule has 40 valence electrons. The topological polar surface area (TPSA) is 26.3 Å². The predicted molar refractivity (Wildman–Crippen MR) is 31.4 cm³/mol. The Kier molecular flexibility index (Phi) is 1.80. The minimum absolute atomic E-state index is 0.419. The molecular weight excluding hydrogens is 123 g/mol. The molecule has 0 unspecified atom stereocenters. The van der Waals surface area contributed by atoms with Crippen LogP contribution in [0.1, 0.15) is 0 Å². The van der Waals surface area contributed by atoms with Gasteiger partial charge >= 0.3 is 50.6 Å². The Balaban J connectivity index is 2.62. The second-order valence-corrected chi connectivity index (χ2v) is 1.95. The molecule has 1 heterocycles. The summed E-state index contributed by atoms with van der Waals surface area (Å²) in [5, 5.41) is 3.60. The van der Waals surface area contributed by atoms with E-state index in [9.17, 15) is 4.70 Å². The van der Waals surface area contributed by atoms with E-state index in [4.69, 9.17) is 0 Å². The van der Waals surface area contributed by atoms with Crippen LogP contribution in [0.4, 0.5) is 0 Å². The van der Waals surface area contributed by atoms with Crippen LogP contribution in [0.3, 0.4) is 0 Å². The first-order valence-electron chi connectivity index (χ1n) is 2.06. The van der Waals surface area contributed by atoms with E-state index in [-0.39, 0.29) is 0 Å². The molecule has 0 aliphatic rings. The standard InChI is InChI=1S/C4H3BO2S/c6-5-7-4-1-2-8-3-4/h1-3H. The summed E-state index contributed by atoms with van der Waals surface area (Å²) < 4.78 is 14.1. The molecule has 1 aromatic rings. The van der Waals surface area contributed by atoms with E-state index in [1.165, 1.54) is 11.3 Å². The Morgan fingerprint density at radius 2 is 2.62 bits per heavy atom. The van der Waals surface area contributed by atoms with E-state index < -0.39 is 0 Å². The molecule has 0 fully saturated rings. The first-order valence-corrected chi connectivity index (χ1v) is 3.00. The number of rotatable bonds is 2. The van der Waals surface area contributed by atoms with E-state index in [1.807, 2.05) is 5.38 Å². The summed E-state index contributed by atoms with van der Waals surface area (Å²) in [4.78, 5) is 0. The summed E-state index contributed by atoms with van der Waals surface area (Å²) in [6.07, 6.45) is 0. The third-order valence-electron chi connectivity index (χ3n) is 0.679. The molecule has 1 aromatic heterocycles. The molecule has 0 bridgehead atoms. The summed E-state index contributed by atoms with van der Waals surface area (Å²) in [5.74, 6) is 0.616. The van der Waals surface area contributed by atoms with Gasteiger partial charge in [-0.15, -0.1) is 0 Å². The number of thiophene rings is 1. The average Bonchev–Trinajstić information content (AvgIpc) is 2.19. The summed E-state index contributed by atoms with van der Waals surface area (Å²) in [6, 6.07) is 1.74. The van der Waals surface area contributed by atoms with Gasteiger partial charge in [-0.3, -0.25) is 0 Å². The van der Waals surface area contributed by atoms with Crippen molar-refractivity contribution in [3.05, 3.63) is 16.8 Å². The fraction of sp³-hybridized carbons (Fsp3) is 0. The molecule has 0 spiro atoms. The molecule has 0 aliphatic heterocycles. The van der Waals surface area contributed by atoms with E-state index in [0.29, 0.717) is 13.1 Å². The zero-order valence-electron chi connectivity index (χ0n) is 4.03. The molecule has 2 nitrogen and oxygen atoms in total.